The lowest BCUT2D eigenvalue weighted by molar-refractivity contribution is -0.302. The van der Waals surface area contributed by atoms with Gasteiger partial charge in [-0.15, -0.1) is 0 Å². The van der Waals surface area contributed by atoms with Gasteiger partial charge in [0.15, 0.2) is 6.29 Å². The molecule has 0 aliphatic carbocycles. The first-order chi connectivity index (χ1) is 39.3. The standard InChI is InChI=1S/C71H139NO8/c1-3-5-7-9-11-13-15-17-19-21-23-25-26-27-28-29-30-31-32-33-34-35-36-37-38-39-40-41-43-45-47-49-51-53-55-57-59-61-67(75)72-64(63-79-71-70(78)69(77)68(76)66(62-73)80-71)65(74)60-58-56-54-52-50-48-46-44-42-24-22-20-18-16-14-12-10-8-6-4-2/h58,60,64-66,68-71,73-74,76-78H,3-57,59,61-63H2,1-2H3,(H,72,75)/b60-58+. The molecule has 9 nitrogen and oxygen atoms in total. The summed E-state index contributed by atoms with van der Waals surface area (Å²) in [5.41, 5.74) is 0. The SMILES string of the molecule is CCCCCCCCCCCCCCCCCCCC/C=C/C(O)C(COC1OC(CO)C(O)C(O)C1O)NC(=O)CCCCCCCCCCCCCCCCCCCCCCCCCCCCCCCCCCCCCCC. The highest BCUT2D eigenvalue weighted by Gasteiger charge is 2.44. The highest BCUT2D eigenvalue weighted by Crippen LogP contribution is 2.24. The van der Waals surface area contributed by atoms with Gasteiger partial charge < -0.3 is 40.3 Å². The van der Waals surface area contributed by atoms with Crippen molar-refractivity contribution in [2.24, 2.45) is 0 Å². The summed E-state index contributed by atoms with van der Waals surface area (Å²) in [6, 6.07) is -0.802. The Morgan fingerprint density at radius 2 is 0.688 bits per heavy atom. The number of aliphatic hydroxyl groups excluding tert-OH is 5. The maximum absolute atomic E-state index is 13.1. The summed E-state index contributed by atoms with van der Waals surface area (Å²) in [5.74, 6) is -0.167. The third kappa shape index (κ3) is 49.2. The second kappa shape index (κ2) is 61.0. The number of unbranched alkanes of at least 4 members (excludes halogenated alkanes) is 54. The van der Waals surface area contributed by atoms with E-state index in [-0.39, 0.29) is 12.5 Å². The minimum absolute atomic E-state index is 0.167. The number of allylic oxidation sites excluding steroid dienone is 1. The Morgan fingerprint density at radius 3 is 0.975 bits per heavy atom. The Balaban J connectivity index is 2.05. The summed E-state index contributed by atoms with van der Waals surface area (Å²) in [6.07, 6.45) is 72.0. The van der Waals surface area contributed by atoms with Crippen LogP contribution >= 0.6 is 0 Å². The zero-order chi connectivity index (χ0) is 57.9. The van der Waals surface area contributed by atoms with Gasteiger partial charge in [0.2, 0.25) is 5.91 Å². The van der Waals surface area contributed by atoms with Crippen LogP contribution in [0.3, 0.4) is 0 Å². The molecule has 0 aromatic rings. The van der Waals surface area contributed by atoms with Crippen LogP contribution in [0.15, 0.2) is 12.2 Å². The molecule has 80 heavy (non-hydrogen) atoms. The highest BCUT2D eigenvalue weighted by molar-refractivity contribution is 5.76. The molecular weight excluding hydrogens is 995 g/mol. The van der Waals surface area contributed by atoms with Crippen molar-refractivity contribution in [3.63, 3.8) is 0 Å². The van der Waals surface area contributed by atoms with Gasteiger partial charge in [0.1, 0.15) is 24.4 Å². The van der Waals surface area contributed by atoms with E-state index in [2.05, 4.69) is 19.2 Å². The number of hydrogen-bond donors (Lipinski definition) is 6. The predicted octanol–water partition coefficient (Wildman–Crippen LogP) is 19.5. The Morgan fingerprint density at radius 1 is 0.412 bits per heavy atom. The fraction of sp³-hybridized carbons (Fsp3) is 0.958. The molecule has 0 bridgehead atoms. The Hall–Kier alpha value is -1.07. The van der Waals surface area contributed by atoms with Crippen molar-refractivity contribution in [1.82, 2.24) is 5.32 Å². The van der Waals surface area contributed by atoms with Crippen LogP contribution in [0.1, 0.15) is 380 Å². The van der Waals surface area contributed by atoms with Crippen LogP contribution in [0.2, 0.25) is 0 Å². The minimum atomic E-state index is -1.56. The van der Waals surface area contributed by atoms with Crippen molar-refractivity contribution in [1.29, 1.82) is 0 Å². The molecule has 0 aromatic carbocycles. The smallest absolute Gasteiger partial charge is 0.220 e. The molecule has 0 saturated carbocycles. The third-order valence-corrected chi connectivity index (χ3v) is 17.6. The van der Waals surface area contributed by atoms with Gasteiger partial charge in [-0.3, -0.25) is 4.79 Å². The molecule has 0 radical (unpaired) electrons. The molecule has 1 saturated heterocycles. The Labute approximate surface area is 496 Å². The fourth-order valence-corrected chi connectivity index (χ4v) is 12.0. The van der Waals surface area contributed by atoms with Crippen LogP contribution < -0.4 is 5.32 Å². The van der Waals surface area contributed by atoms with E-state index < -0.39 is 49.5 Å². The average Bonchev–Trinajstić information content (AvgIpc) is 3.46. The number of rotatable bonds is 64. The molecule has 7 atom stereocenters. The Kier molecular flexibility index (Phi) is 58.7. The predicted molar refractivity (Wildman–Crippen MR) is 341 cm³/mol. The van der Waals surface area contributed by atoms with E-state index in [1.54, 1.807) is 6.08 Å². The summed E-state index contributed by atoms with van der Waals surface area (Å²) in [7, 11) is 0. The lowest BCUT2D eigenvalue weighted by atomic mass is 9.99. The van der Waals surface area contributed by atoms with Crippen molar-refractivity contribution >= 4 is 5.91 Å². The molecule has 6 N–H and O–H groups in total. The largest absolute Gasteiger partial charge is 0.394 e. The van der Waals surface area contributed by atoms with E-state index >= 15 is 0 Å². The molecule has 0 aromatic heterocycles. The van der Waals surface area contributed by atoms with Crippen LogP contribution in [0.5, 0.6) is 0 Å². The summed E-state index contributed by atoms with van der Waals surface area (Å²) in [6.45, 7) is 3.84. The molecule has 476 valence electrons. The molecule has 9 heteroatoms. The Bertz CT molecular complexity index is 1270. The normalized spacial score (nSPS) is 18.4. The van der Waals surface area contributed by atoms with E-state index in [0.29, 0.717) is 6.42 Å². The van der Waals surface area contributed by atoms with Crippen molar-refractivity contribution in [2.45, 2.75) is 423 Å². The average molecular weight is 1130 g/mol. The number of nitrogens with one attached hydrogen (secondary N) is 1. The summed E-state index contributed by atoms with van der Waals surface area (Å²) in [4.78, 5) is 13.1. The van der Waals surface area contributed by atoms with E-state index in [1.165, 1.54) is 321 Å². The van der Waals surface area contributed by atoms with Crippen LogP contribution in [0.4, 0.5) is 0 Å². The minimum Gasteiger partial charge on any atom is -0.394 e. The molecule has 1 aliphatic rings. The quantitative estimate of drug-likeness (QED) is 0.0261. The summed E-state index contributed by atoms with van der Waals surface area (Å²) >= 11 is 0. The number of aliphatic hydroxyl groups is 5. The molecule has 0 spiro atoms. The lowest BCUT2D eigenvalue weighted by Gasteiger charge is -2.40. The molecule has 1 aliphatic heterocycles. The number of amides is 1. The first kappa shape index (κ1) is 76.9. The number of carbonyl (C=O) groups is 1. The van der Waals surface area contributed by atoms with Gasteiger partial charge in [-0.05, 0) is 19.3 Å². The molecule has 1 fully saturated rings. The van der Waals surface area contributed by atoms with Crippen molar-refractivity contribution in [2.75, 3.05) is 13.2 Å². The second-order valence-corrected chi connectivity index (χ2v) is 25.4. The van der Waals surface area contributed by atoms with E-state index in [0.717, 1.165) is 38.5 Å². The van der Waals surface area contributed by atoms with E-state index in [1.807, 2.05) is 6.08 Å². The summed E-state index contributed by atoms with van der Waals surface area (Å²) < 4.78 is 11.3. The number of ether oxygens (including phenoxy) is 2. The monoisotopic (exact) mass is 1130 g/mol. The molecule has 1 amide bonds. The lowest BCUT2D eigenvalue weighted by Crippen LogP contribution is -2.60. The van der Waals surface area contributed by atoms with Crippen LogP contribution in [0, 0.1) is 0 Å². The number of carbonyl (C=O) groups excluding carboxylic acids is 1. The molecule has 7 unspecified atom stereocenters. The number of hydrogen-bond acceptors (Lipinski definition) is 8. The summed E-state index contributed by atoms with van der Waals surface area (Å²) in [5, 5.41) is 54.7. The van der Waals surface area contributed by atoms with Crippen molar-refractivity contribution in [3.05, 3.63) is 12.2 Å². The van der Waals surface area contributed by atoms with Gasteiger partial charge in [0, 0.05) is 6.42 Å². The van der Waals surface area contributed by atoms with Crippen molar-refractivity contribution < 1.29 is 39.8 Å². The first-order valence-corrected chi connectivity index (χ1v) is 35.9. The van der Waals surface area contributed by atoms with Crippen LogP contribution in [0.25, 0.3) is 0 Å². The molecule has 1 rings (SSSR count). The van der Waals surface area contributed by atoms with Gasteiger partial charge >= 0.3 is 0 Å². The van der Waals surface area contributed by atoms with Gasteiger partial charge in [-0.25, -0.2) is 0 Å². The molecular formula is C71H139NO8. The maximum Gasteiger partial charge on any atom is 0.220 e. The van der Waals surface area contributed by atoms with Crippen LogP contribution in [-0.2, 0) is 14.3 Å². The van der Waals surface area contributed by atoms with Gasteiger partial charge in [0.25, 0.3) is 0 Å². The van der Waals surface area contributed by atoms with Gasteiger partial charge in [-0.1, -0.05) is 366 Å². The second-order valence-electron chi connectivity index (χ2n) is 25.4. The van der Waals surface area contributed by atoms with E-state index in [4.69, 9.17) is 9.47 Å². The zero-order valence-electron chi connectivity index (χ0n) is 53.4. The zero-order valence-corrected chi connectivity index (χ0v) is 53.4. The topological polar surface area (TPSA) is 149 Å². The maximum atomic E-state index is 13.1. The first-order valence-electron chi connectivity index (χ1n) is 35.9. The van der Waals surface area contributed by atoms with E-state index in [9.17, 15) is 30.3 Å². The van der Waals surface area contributed by atoms with Crippen molar-refractivity contribution in [3.8, 4) is 0 Å². The highest BCUT2D eigenvalue weighted by atomic mass is 16.7. The van der Waals surface area contributed by atoms with Crippen LogP contribution in [-0.4, -0.2) is 87.5 Å². The third-order valence-electron chi connectivity index (χ3n) is 17.6. The van der Waals surface area contributed by atoms with Gasteiger partial charge in [0.05, 0.1) is 25.4 Å². The fourth-order valence-electron chi connectivity index (χ4n) is 12.0. The van der Waals surface area contributed by atoms with Gasteiger partial charge in [-0.2, -0.15) is 0 Å². The molecule has 1 heterocycles.